The fourth-order valence-electron chi connectivity index (χ4n) is 2.29. The molecule has 1 aliphatic heterocycles. The van der Waals surface area contributed by atoms with E-state index in [4.69, 9.17) is 0 Å². The number of halogens is 6. The molecule has 8 heteroatoms. The summed E-state index contributed by atoms with van der Waals surface area (Å²) >= 11 is 0. The number of nitrogens with zero attached hydrogens (tertiary/aromatic N) is 1. The summed E-state index contributed by atoms with van der Waals surface area (Å²) in [5.41, 5.74) is -0.105. The first kappa shape index (κ1) is 20.4. The van der Waals surface area contributed by atoms with E-state index in [0.29, 0.717) is 18.7 Å². The van der Waals surface area contributed by atoms with Crippen molar-refractivity contribution in [1.29, 1.82) is 0 Å². The second kappa shape index (κ2) is 8.78. The molecule has 0 saturated carbocycles. The van der Waals surface area contributed by atoms with Crippen molar-refractivity contribution in [2.75, 3.05) is 32.9 Å². The molecule has 1 aliphatic rings. The molecule has 1 aromatic rings. The first-order valence-corrected chi connectivity index (χ1v) is 6.20. The molecule has 1 N–H and O–H groups in total. The van der Waals surface area contributed by atoms with Gasteiger partial charge in [-0.05, 0) is 17.7 Å². The fourth-order valence-corrected chi connectivity index (χ4v) is 2.29. The molecule has 0 radical (unpaired) electrons. The Kier molecular flexibility index (Phi) is 8.54. The van der Waals surface area contributed by atoms with Crippen LogP contribution in [-0.4, -0.2) is 37.8 Å². The molecule has 1 heterocycles. The van der Waals surface area contributed by atoms with Gasteiger partial charge in [-0.1, -0.05) is 12.1 Å². The number of alkyl halides is 4. The molecule has 0 amide bonds. The molecular formula is C13H18Cl2F4N2. The zero-order chi connectivity index (χ0) is 13.9. The Morgan fingerprint density at radius 3 is 2.00 bits per heavy atom. The topological polar surface area (TPSA) is 15.3 Å². The van der Waals surface area contributed by atoms with E-state index < -0.39 is 24.5 Å². The van der Waals surface area contributed by atoms with Crippen molar-refractivity contribution in [2.24, 2.45) is 0 Å². The van der Waals surface area contributed by atoms with Gasteiger partial charge in [0, 0.05) is 26.2 Å². The molecule has 1 aromatic carbocycles. The van der Waals surface area contributed by atoms with Gasteiger partial charge in [-0.3, -0.25) is 4.90 Å². The Hall–Kier alpha value is -0.560. The highest BCUT2D eigenvalue weighted by atomic mass is 35.5. The van der Waals surface area contributed by atoms with Crippen LogP contribution in [-0.2, 0) is 6.18 Å². The molecule has 0 aliphatic carbocycles. The van der Waals surface area contributed by atoms with E-state index in [0.717, 1.165) is 25.2 Å². The third-order valence-electron chi connectivity index (χ3n) is 3.36. The maximum absolute atomic E-state index is 13.2. The Balaban J connectivity index is 0.00000200. The number of nitrogens with one attached hydrogen (secondary N) is 1. The van der Waals surface area contributed by atoms with E-state index in [1.165, 1.54) is 12.1 Å². The Morgan fingerprint density at radius 2 is 1.57 bits per heavy atom. The van der Waals surface area contributed by atoms with Gasteiger partial charge in [0.15, 0.2) is 0 Å². The van der Waals surface area contributed by atoms with Gasteiger partial charge in [-0.15, -0.1) is 24.8 Å². The second-order valence-corrected chi connectivity index (χ2v) is 4.58. The number of piperazine rings is 1. The smallest absolute Gasteiger partial charge is 0.314 e. The summed E-state index contributed by atoms with van der Waals surface area (Å²) < 4.78 is 50.6. The molecule has 0 bridgehead atoms. The van der Waals surface area contributed by atoms with Gasteiger partial charge in [-0.25, -0.2) is 4.39 Å². The van der Waals surface area contributed by atoms with E-state index in [-0.39, 0.29) is 24.8 Å². The minimum absolute atomic E-state index is 0. The quantitative estimate of drug-likeness (QED) is 0.841. The van der Waals surface area contributed by atoms with Crippen molar-refractivity contribution >= 4 is 24.8 Å². The van der Waals surface area contributed by atoms with Crippen LogP contribution in [0.5, 0.6) is 0 Å². The molecule has 2 rings (SSSR count). The van der Waals surface area contributed by atoms with Crippen LogP contribution in [0.3, 0.4) is 0 Å². The van der Waals surface area contributed by atoms with Crippen LogP contribution in [0.1, 0.15) is 17.2 Å². The monoisotopic (exact) mass is 348 g/mol. The van der Waals surface area contributed by atoms with Crippen LogP contribution >= 0.6 is 24.8 Å². The molecule has 1 saturated heterocycles. The van der Waals surface area contributed by atoms with Crippen molar-refractivity contribution < 1.29 is 17.6 Å². The highest BCUT2D eigenvalue weighted by Crippen LogP contribution is 2.31. The highest BCUT2D eigenvalue weighted by Gasteiger charge is 2.30. The summed E-state index contributed by atoms with van der Waals surface area (Å²) in [6.07, 6.45) is -4.35. The molecule has 0 aromatic heterocycles. The SMILES string of the molecule is Cl.Cl.FC[C@H](c1ccc(C(F)(F)F)cc1)N1CCNCC1. The van der Waals surface area contributed by atoms with Crippen LogP contribution in [0, 0.1) is 0 Å². The van der Waals surface area contributed by atoms with Gasteiger partial charge in [0.05, 0.1) is 11.6 Å². The minimum Gasteiger partial charge on any atom is -0.314 e. The zero-order valence-corrected chi connectivity index (χ0v) is 12.8. The van der Waals surface area contributed by atoms with Gasteiger partial charge in [0.25, 0.3) is 0 Å². The lowest BCUT2D eigenvalue weighted by Gasteiger charge is -2.33. The predicted octanol–water partition coefficient (Wildman–Crippen LogP) is 3.46. The van der Waals surface area contributed by atoms with Gasteiger partial charge in [-0.2, -0.15) is 13.2 Å². The summed E-state index contributed by atoms with van der Waals surface area (Å²) in [5.74, 6) is 0. The second-order valence-electron chi connectivity index (χ2n) is 4.58. The number of hydrogen-bond acceptors (Lipinski definition) is 2. The molecule has 1 atom stereocenters. The minimum atomic E-state index is -4.35. The number of rotatable bonds is 3. The van der Waals surface area contributed by atoms with Crippen molar-refractivity contribution in [3.8, 4) is 0 Å². The van der Waals surface area contributed by atoms with Gasteiger partial charge in [0.2, 0.25) is 0 Å². The lowest BCUT2D eigenvalue weighted by Crippen LogP contribution is -2.45. The first-order chi connectivity index (χ1) is 9.02. The zero-order valence-electron chi connectivity index (χ0n) is 11.2. The third kappa shape index (κ3) is 5.29. The summed E-state index contributed by atoms with van der Waals surface area (Å²) in [6, 6.07) is 4.31. The van der Waals surface area contributed by atoms with Crippen molar-refractivity contribution in [1.82, 2.24) is 10.2 Å². The van der Waals surface area contributed by atoms with E-state index in [1.807, 2.05) is 4.90 Å². The van der Waals surface area contributed by atoms with Crippen molar-refractivity contribution in [3.63, 3.8) is 0 Å². The average molecular weight is 349 g/mol. The van der Waals surface area contributed by atoms with Gasteiger partial charge < -0.3 is 5.32 Å². The van der Waals surface area contributed by atoms with Crippen molar-refractivity contribution in [2.45, 2.75) is 12.2 Å². The highest BCUT2D eigenvalue weighted by molar-refractivity contribution is 5.85. The molecule has 2 nitrogen and oxygen atoms in total. The maximum Gasteiger partial charge on any atom is 0.416 e. The standard InChI is InChI=1S/C13H16F4N2.2ClH/c14-9-12(19-7-5-18-6-8-19)10-1-3-11(4-2-10)13(15,16)17;;/h1-4,12,18H,5-9H2;2*1H/t12-;;/m1../s1. The summed E-state index contributed by atoms with van der Waals surface area (Å²) in [7, 11) is 0. The van der Waals surface area contributed by atoms with Crippen molar-refractivity contribution in [3.05, 3.63) is 35.4 Å². The largest absolute Gasteiger partial charge is 0.416 e. The van der Waals surface area contributed by atoms with E-state index in [9.17, 15) is 17.6 Å². The van der Waals surface area contributed by atoms with Crippen LogP contribution in [0.25, 0.3) is 0 Å². The molecule has 1 fully saturated rings. The molecule has 21 heavy (non-hydrogen) atoms. The summed E-state index contributed by atoms with van der Waals surface area (Å²) in [6.45, 7) is 2.37. The average Bonchev–Trinajstić information content (AvgIpc) is 2.40. The third-order valence-corrected chi connectivity index (χ3v) is 3.36. The first-order valence-electron chi connectivity index (χ1n) is 6.20. The maximum atomic E-state index is 13.2. The Labute approximate surface area is 133 Å². The molecule has 0 spiro atoms. The summed E-state index contributed by atoms with van der Waals surface area (Å²) in [5, 5.41) is 3.16. The van der Waals surface area contributed by atoms with Crippen LogP contribution in [0.2, 0.25) is 0 Å². The van der Waals surface area contributed by atoms with E-state index >= 15 is 0 Å². The van der Waals surface area contributed by atoms with Crippen LogP contribution in [0.15, 0.2) is 24.3 Å². The number of hydrogen-bond donors (Lipinski definition) is 1. The van der Waals surface area contributed by atoms with Gasteiger partial charge >= 0.3 is 6.18 Å². The fraction of sp³-hybridized carbons (Fsp3) is 0.538. The Morgan fingerprint density at radius 1 is 1.05 bits per heavy atom. The normalized spacial score (nSPS) is 17.5. The van der Waals surface area contributed by atoms with E-state index in [2.05, 4.69) is 5.32 Å². The Bertz CT molecular complexity index is 406. The summed E-state index contributed by atoms with van der Waals surface area (Å²) in [4.78, 5) is 1.96. The molecule has 0 unspecified atom stereocenters. The van der Waals surface area contributed by atoms with Crippen LogP contribution in [0.4, 0.5) is 17.6 Å². The lowest BCUT2D eigenvalue weighted by molar-refractivity contribution is -0.137. The number of benzene rings is 1. The molecule has 122 valence electrons. The predicted molar refractivity (Wildman–Crippen MR) is 79.1 cm³/mol. The lowest BCUT2D eigenvalue weighted by atomic mass is 10.0. The van der Waals surface area contributed by atoms with Gasteiger partial charge in [0.1, 0.15) is 6.67 Å². The van der Waals surface area contributed by atoms with Crippen LogP contribution < -0.4 is 5.32 Å². The van der Waals surface area contributed by atoms with E-state index in [1.54, 1.807) is 0 Å². The molecular weight excluding hydrogens is 331 g/mol.